The Hall–Kier alpha value is -3.47. The summed E-state index contributed by atoms with van der Waals surface area (Å²) in [5.41, 5.74) is 0.267. The highest BCUT2D eigenvalue weighted by molar-refractivity contribution is 7.98. The Morgan fingerprint density at radius 3 is 2.59 bits per heavy atom. The number of ether oxygens (including phenoxy) is 2. The number of rotatable bonds is 11. The Balaban J connectivity index is 1.86. The van der Waals surface area contributed by atoms with Gasteiger partial charge in [-0.3, -0.25) is 14.9 Å². The predicted octanol–water partition coefficient (Wildman–Crippen LogP) is 1.71. The van der Waals surface area contributed by atoms with Gasteiger partial charge >= 0.3 is 12.0 Å². The number of imide groups is 1. The average molecular weight is 464 g/mol. The van der Waals surface area contributed by atoms with Crippen molar-refractivity contribution in [2.45, 2.75) is 19.0 Å². The van der Waals surface area contributed by atoms with Crippen LogP contribution in [0.15, 0.2) is 47.1 Å². The number of nitrogens with one attached hydrogen (secondary N) is 3. The number of esters is 1. The standard InChI is InChI=1S/C21H25N3O7S/c1-29-17-8-4-3-7-15(17)19(26)23-16(9-11-32-2)20(27)31-13-18(25)24-21(28)22-12-14-6-5-10-30-14/h3-8,10,16H,9,11-13H2,1-2H3,(H,23,26)(H2,22,24,25,28)/t16-/m1/s1. The van der Waals surface area contributed by atoms with Gasteiger partial charge in [-0.15, -0.1) is 0 Å². The van der Waals surface area contributed by atoms with E-state index in [1.807, 2.05) is 11.6 Å². The van der Waals surface area contributed by atoms with E-state index in [1.165, 1.54) is 25.1 Å². The van der Waals surface area contributed by atoms with Crippen LogP contribution in [0.3, 0.4) is 0 Å². The molecule has 0 aliphatic rings. The lowest BCUT2D eigenvalue weighted by Gasteiger charge is -2.18. The minimum absolute atomic E-state index is 0.0949. The lowest BCUT2D eigenvalue weighted by Crippen LogP contribution is -2.45. The summed E-state index contributed by atoms with van der Waals surface area (Å²) in [5, 5.41) is 7.09. The van der Waals surface area contributed by atoms with Crippen molar-refractivity contribution in [3.05, 3.63) is 54.0 Å². The van der Waals surface area contributed by atoms with Crippen LogP contribution in [0.25, 0.3) is 0 Å². The first-order valence-electron chi connectivity index (χ1n) is 9.64. The number of furan rings is 1. The van der Waals surface area contributed by atoms with Gasteiger partial charge in [0.15, 0.2) is 6.61 Å². The van der Waals surface area contributed by atoms with Crippen LogP contribution >= 0.6 is 11.8 Å². The van der Waals surface area contributed by atoms with Crippen molar-refractivity contribution in [2.24, 2.45) is 0 Å². The molecule has 0 aliphatic heterocycles. The summed E-state index contributed by atoms with van der Waals surface area (Å²) in [4.78, 5) is 48.7. The van der Waals surface area contributed by atoms with Crippen LogP contribution in [0.2, 0.25) is 0 Å². The monoisotopic (exact) mass is 463 g/mol. The molecule has 0 bridgehead atoms. The number of methoxy groups -OCH3 is 1. The third kappa shape index (κ3) is 7.99. The number of benzene rings is 1. The van der Waals surface area contributed by atoms with Crippen LogP contribution in [0, 0.1) is 0 Å². The van der Waals surface area contributed by atoms with Crippen molar-refractivity contribution in [3.8, 4) is 5.75 Å². The fourth-order valence-electron chi connectivity index (χ4n) is 2.58. The Labute approximate surface area is 189 Å². The van der Waals surface area contributed by atoms with Gasteiger partial charge in [0.25, 0.3) is 11.8 Å². The Morgan fingerprint density at radius 1 is 1.12 bits per heavy atom. The van der Waals surface area contributed by atoms with Gasteiger partial charge < -0.3 is 24.5 Å². The van der Waals surface area contributed by atoms with Crippen molar-refractivity contribution in [3.63, 3.8) is 0 Å². The van der Waals surface area contributed by atoms with E-state index < -0.39 is 36.5 Å². The predicted molar refractivity (Wildman–Crippen MR) is 117 cm³/mol. The maximum atomic E-state index is 12.6. The highest BCUT2D eigenvalue weighted by atomic mass is 32.2. The van der Waals surface area contributed by atoms with E-state index in [2.05, 4.69) is 10.6 Å². The van der Waals surface area contributed by atoms with E-state index in [9.17, 15) is 19.2 Å². The van der Waals surface area contributed by atoms with Gasteiger partial charge in [-0.25, -0.2) is 9.59 Å². The molecular weight excluding hydrogens is 438 g/mol. The third-order valence-corrected chi connectivity index (χ3v) is 4.80. The molecule has 1 heterocycles. The molecule has 0 saturated carbocycles. The Morgan fingerprint density at radius 2 is 1.91 bits per heavy atom. The molecule has 2 rings (SSSR count). The average Bonchev–Trinajstić information content (AvgIpc) is 3.32. The summed E-state index contributed by atoms with van der Waals surface area (Å²) in [6, 6.07) is 8.20. The topological polar surface area (TPSA) is 136 Å². The molecule has 3 N–H and O–H groups in total. The second-order valence-electron chi connectivity index (χ2n) is 6.43. The molecule has 1 atom stereocenters. The minimum Gasteiger partial charge on any atom is -0.496 e. The summed E-state index contributed by atoms with van der Waals surface area (Å²) in [6.07, 6.45) is 3.62. The zero-order chi connectivity index (χ0) is 23.3. The van der Waals surface area contributed by atoms with Gasteiger partial charge in [0.2, 0.25) is 0 Å². The van der Waals surface area contributed by atoms with Crippen LogP contribution in [-0.4, -0.2) is 55.6 Å². The van der Waals surface area contributed by atoms with Crippen LogP contribution < -0.4 is 20.7 Å². The molecule has 2 aromatic rings. The smallest absolute Gasteiger partial charge is 0.329 e. The quantitative estimate of drug-likeness (QED) is 0.429. The molecule has 1 aromatic heterocycles. The zero-order valence-electron chi connectivity index (χ0n) is 17.7. The second-order valence-corrected chi connectivity index (χ2v) is 7.41. The fourth-order valence-corrected chi connectivity index (χ4v) is 3.05. The van der Waals surface area contributed by atoms with Gasteiger partial charge in [-0.1, -0.05) is 12.1 Å². The Kier molecular flexibility index (Phi) is 10.1. The van der Waals surface area contributed by atoms with Gasteiger partial charge in [0.1, 0.15) is 17.6 Å². The van der Waals surface area contributed by atoms with Gasteiger partial charge in [-0.05, 0) is 42.7 Å². The van der Waals surface area contributed by atoms with Crippen molar-refractivity contribution in [2.75, 3.05) is 25.7 Å². The van der Waals surface area contributed by atoms with Gasteiger partial charge in [0.05, 0.1) is 25.5 Å². The molecule has 1 aromatic carbocycles. The largest absolute Gasteiger partial charge is 0.496 e. The van der Waals surface area contributed by atoms with E-state index in [1.54, 1.807) is 36.4 Å². The van der Waals surface area contributed by atoms with Crippen LogP contribution in [0.5, 0.6) is 5.75 Å². The van der Waals surface area contributed by atoms with Crippen molar-refractivity contribution < 1.29 is 33.1 Å². The van der Waals surface area contributed by atoms with Crippen molar-refractivity contribution >= 4 is 35.6 Å². The number of hydrogen-bond acceptors (Lipinski definition) is 8. The van der Waals surface area contributed by atoms with E-state index in [0.29, 0.717) is 23.7 Å². The van der Waals surface area contributed by atoms with Crippen LogP contribution in [0.1, 0.15) is 22.5 Å². The maximum absolute atomic E-state index is 12.6. The molecule has 0 saturated heterocycles. The highest BCUT2D eigenvalue weighted by Gasteiger charge is 2.25. The fraction of sp³-hybridized carbons (Fsp3) is 0.333. The second kappa shape index (κ2) is 13.1. The summed E-state index contributed by atoms with van der Waals surface area (Å²) < 4.78 is 15.2. The third-order valence-electron chi connectivity index (χ3n) is 4.15. The molecule has 11 heteroatoms. The lowest BCUT2D eigenvalue weighted by atomic mass is 10.1. The maximum Gasteiger partial charge on any atom is 0.329 e. The zero-order valence-corrected chi connectivity index (χ0v) is 18.5. The molecule has 0 unspecified atom stereocenters. The number of amides is 4. The molecule has 0 aliphatic carbocycles. The first-order chi connectivity index (χ1) is 15.4. The van der Waals surface area contributed by atoms with Crippen molar-refractivity contribution in [1.29, 1.82) is 0 Å². The number of thioether (sulfide) groups is 1. The summed E-state index contributed by atoms with van der Waals surface area (Å²) in [7, 11) is 1.44. The van der Waals surface area contributed by atoms with E-state index in [0.717, 1.165) is 0 Å². The molecule has 0 fully saturated rings. The Bertz CT molecular complexity index is 918. The minimum atomic E-state index is -0.972. The van der Waals surface area contributed by atoms with E-state index in [4.69, 9.17) is 13.9 Å². The molecular formula is C21H25N3O7S. The first-order valence-corrected chi connectivity index (χ1v) is 11.0. The number of carbonyl (C=O) groups excluding carboxylic acids is 4. The summed E-state index contributed by atoms with van der Waals surface area (Å²) >= 11 is 1.49. The van der Waals surface area contributed by atoms with Crippen LogP contribution in [-0.2, 0) is 20.9 Å². The van der Waals surface area contributed by atoms with E-state index >= 15 is 0 Å². The first kappa shape index (κ1) is 24.8. The van der Waals surface area contributed by atoms with Crippen LogP contribution in [0.4, 0.5) is 4.79 Å². The molecule has 0 radical (unpaired) electrons. The molecule has 4 amide bonds. The molecule has 0 spiro atoms. The number of urea groups is 1. The summed E-state index contributed by atoms with van der Waals surface area (Å²) in [6.45, 7) is -0.578. The molecule has 32 heavy (non-hydrogen) atoms. The summed E-state index contributed by atoms with van der Waals surface area (Å²) in [5.74, 6) is -0.646. The SMILES string of the molecule is COc1ccccc1C(=O)N[C@H](CCSC)C(=O)OCC(=O)NC(=O)NCc1ccco1. The molecule has 10 nitrogen and oxygen atoms in total. The highest BCUT2D eigenvalue weighted by Crippen LogP contribution is 2.17. The number of hydrogen-bond donors (Lipinski definition) is 3. The van der Waals surface area contributed by atoms with E-state index in [-0.39, 0.29) is 12.1 Å². The van der Waals surface area contributed by atoms with Gasteiger partial charge in [0, 0.05) is 0 Å². The molecule has 172 valence electrons. The number of carbonyl (C=O) groups is 4. The number of para-hydroxylation sites is 1. The lowest BCUT2D eigenvalue weighted by molar-refractivity contribution is -0.150. The van der Waals surface area contributed by atoms with Crippen molar-refractivity contribution in [1.82, 2.24) is 16.0 Å². The normalized spacial score (nSPS) is 11.2. The van der Waals surface area contributed by atoms with Gasteiger partial charge in [-0.2, -0.15) is 11.8 Å².